The average molecular weight is 578 g/mol. The first-order valence-corrected chi connectivity index (χ1v) is 15.2. The van der Waals surface area contributed by atoms with Gasteiger partial charge in [0.2, 0.25) is 0 Å². The fourth-order valence-electron chi connectivity index (χ4n) is 6.33. The van der Waals surface area contributed by atoms with Gasteiger partial charge in [0.05, 0.1) is 0 Å². The molecule has 0 fully saturated rings. The first-order valence-electron chi connectivity index (χ1n) is 15.2. The van der Waals surface area contributed by atoms with E-state index in [4.69, 9.17) is 14.4 Å². The molecule has 0 amide bonds. The minimum Gasteiger partial charge on any atom is -0.456 e. The lowest BCUT2D eigenvalue weighted by Gasteiger charge is -2.23. The van der Waals surface area contributed by atoms with Crippen molar-refractivity contribution in [3.05, 3.63) is 168 Å². The SMILES string of the molecule is c1ccc(C2N=C(c3ccc4oc5cc(-c6ccc7ccccc7c6)ccc5c4c3)N=C(c3ccc4ccccc4c3)N2)cc1. The van der Waals surface area contributed by atoms with E-state index >= 15 is 0 Å². The van der Waals surface area contributed by atoms with Gasteiger partial charge < -0.3 is 9.73 Å². The number of nitrogens with one attached hydrogen (secondary N) is 1. The summed E-state index contributed by atoms with van der Waals surface area (Å²) in [5, 5.41) is 10.6. The van der Waals surface area contributed by atoms with Crippen molar-refractivity contribution in [2.45, 2.75) is 6.17 Å². The molecule has 0 saturated heterocycles. The maximum absolute atomic E-state index is 6.38. The third kappa shape index (κ3) is 4.55. The average Bonchev–Trinajstić information content (AvgIpc) is 3.48. The molecule has 1 aromatic heterocycles. The Hall–Kier alpha value is -6.00. The van der Waals surface area contributed by atoms with Gasteiger partial charge in [-0.05, 0) is 80.7 Å². The number of furan rings is 1. The van der Waals surface area contributed by atoms with Gasteiger partial charge in [0.1, 0.15) is 23.2 Å². The van der Waals surface area contributed by atoms with Crippen LogP contribution >= 0.6 is 0 Å². The summed E-state index contributed by atoms with van der Waals surface area (Å²) in [5.74, 6) is 1.49. The molecule has 0 spiro atoms. The molecule has 0 aliphatic carbocycles. The third-order valence-electron chi connectivity index (χ3n) is 8.69. The molecular formula is C41H27N3O. The topological polar surface area (TPSA) is 49.9 Å². The molecule has 8 aromatic rings. The Morgan fingerprint density at radius 2 is 1.09 bits per heavy atom. The summed E-state index contributed by atoms with van der Waals surface area (Å²) < 4.78 is 6.38. The molecule has 4 nitrogen and oxygen atoms in total. The number of rotatable bonds is 4. The Labute approximate surface area is 260 Å². The number of benzene rings is 7. The molecule has 0 radical (unpaired) electrons. The Morgan fingerprint density at radius 3 is 1.87 bits per heavy atom. The summed E-state index contributed by atoms with van der Waals surface area (Å²) in [6.45, 7) is 0. The quantitative estimate of drug-likeness (QED) is 0.226. The summed E-state index contributed by atoms with van der Waals surface area (Å²) in [5.41, 5.74) is 7.07. The van der Waals surface area contributed by atoms with Crippen LogP contribution in [-0.4, -0.2) is 11.7 Å². The van der Waals surface area contributed by atoms with Gasteiger partial charge in [0.15, 0.2) is 5.84 Å². The van der Waals surface area contributed by atoms with Gasteiger partial charge >= 0.3 is 0 Å². The number of aliphatic imine (C=N–C) groups is 2. The summed E-state index contributed by atoms with van der Waals surface area (Å²) in [4.78, 5) is 10.2. The Balaban J connectivity index is 1.14. The van der Waals surface area contributed by atoms with Crippen molar-refractivity contribution < 1.29 is 4.42 Å². The van der Waals surface area contributed by atoms with Crippen LogP contribution in [-0.2, 0) is 0 Å². The van der Waals surface area contributed by atoms with Crippen molar-refractivity contribution in [2.75, 3.05) is 0 Å². The van der Waals surface area contributed by atoms with Crippen LogP contribution in [0.25, 0.3) is 54.6 Å². The van der Waals surface area contributed by atoms with E-state index in [9.17, 15) is 0 Å². The zero-order chi connectivity index (χ0) is 29.7. The summed E-state index contributed by atoms with van der Waals surface area (Å²) in [6, 6.07) is 52.9. The Kier molecular flexibility index (Phi) is 5.85. The summed E-state index contributed by atoms with van der Waals surface area (Å²) in [6.07, 6.45) is -0.263. The van der Waals surface area contributed by atoms with Crippen LogP contribution in [0, 0.1) is 0 Å². The molecule has 45 heavy (non-hydrogen) atoms. The van der Waals surface area contributed by atoms with E-state index in [0.29, 0.717) is 5.84 Å². The van der Waals surface area contributed by atoms with Crippen molar-refractivity contribution in [1.82, 2.24) is 5.32 Å². The minimum absolute atomic E-state index is 0.263. The fourth-order valence-corrected chi connectivity index (χ4v) is 6.33. The van der Waals surface area contributed by atoms with Crippen molar-refractivity contribution in [1.29, 1.82) is 0 Å². The predicted octanol–water partition coefficient (Wildman–Crippen LogP) is 10.1. The van der Waals surface area contributed by atoms with E-state index in [-0.39, 0.29) is 6.17 Å². The van der Waals surface area contributed by atoms with E-state index < -0.39 is 0 Å². The molecule has 9 rings (SSSR count). The van der Waals surface area contributed by atoms with Crippen LogP contribution in [0.3, 0.4) is 0 Å². The van der Waals surface area contributed by atoms with Gasteiger partial charge in [-0.1, -0.05) is 109 Å². The predicted molar refractivity (Wildman–Crippen MR) is 186 cm³/mol. The van der Waals surface area contributed by atoms with E-state index in [1.807, 2.05) is 24.3 Å². The van der Waals surface area contributed by atoms with Crippen molar-refractivity contribution in [2.24, 2.45) is 9.98 Å². The number of hydrogen-bond donors (Lipinski definition) is 1. The lowest BCUT2D eigenvalue weighted by molar-refractivity contribution is 0.669. The van der Waals surface area contributed by atoms with Crippen LogP contribution in [0.2, 0.25) is 0 Å². The normalized spacial score (nSPS) is 14.9. The highest BCUT2D eigenvalue weighted by Gasteiger charge is 2.22. The zero-order valence-electron chi connectivity index (χ0n) is 24.3. The highest BCUT2D eigenvalue weighted by Crippen LogP contribution is 2.34. The van der Waals surface area contributed by atoms with Gasteiger partial charge in [-0.25, -0.2) is 9.98 Å². The number of amidine groups is 2. The van der Waals surface area contributed by atoms with Crippen LogP contribution < -0.4 is 5.32 Å². The molecule has 7 aromatic carbocycles. The number of nitrogens with zero attached hydrogens (tertiary/aromatic N) is 2. The van der Waals surface area contributed by atoms with E-state index in [0.717, 1.165) is 50.0 Å². The highest BCUT2D eigenvalue weighted by molar-refractivity contribution is 6.16. The highest BCUT2D eigenvalue weighted by atomic mass is 16.3. The molecule has 1 aliphatic heterocycles. The maximum atomic E-state index is 6.38. The van der Waals surface area contributed by atoms with Gasteiger partial charge in [-0.15, -0.1) is 0 Å². The lowest BCUT2D eigenvalue weighted by Crippen LogP contribution is -2.33. The Bertz CT molecular complexity index is 2470. The van der Waals surface area contributed by atoms with Crippen LogP contribution in [0.15, 0.2) is 166 Å². The van der Waals surface area contributed by atoms with Crippen molar-refractivity contribution >= 4 is 55.2 Å². The number of hydrogen-bond acceptors (Lipinski definition) is 4. The summed E-state index contributed by atoms with van der Waals surface area (Å²) >= 11 is 0. The van der Waals surface area contributed by atoms with Crippen LogP contribution in [0.1, 0.15) is 22.9 Å². The van der Waals surface area contributed by atoms with E-state index in [2.05, 4.69) is 133 Å². The van der Waals surface area contributed by atoms with Crippen LogP contribution in [0.4, 0.5) is 0 Å². The molecule has 1 aliphatic rings. The fraction of sp³-hybridized carbons (Fsp3) is 0.0244. The smallest absolute Gasteiger partial charge is 0.159 e. The largest absolute Gasteiger partial charge is 0.456 e. The minimum atomic E-state index is -0.263. The van der Waals surface area contributed by atoms with Crippen LogP contribution in [0.5, 0.6) is 0 Å². The van der Waals surface area contributed by atoms with Gasteiger partial charge in [0, 0.05) is 21.9 Å². The first-order chi connectivity index (χ1) is 22.2. The number of fused-ring (bicyclic) bond motifs is 5. The van der Waals surface area contributed by atoms with E-state index in [1.54, 1.807) is 0 Å². The molecule has 212 valence electrons. The standard InChI is InChI=1S/C41H27N3O/c1-2-10-28(11-3-1)39-42-40(33-17-15-27-9-5-7-13-30(27)23-33)44-41(43-39)34-19-21-37-36(24-34)35-20-18-32(25-38(35)45-37)31-16-14-26-8-4-6-12-29(26)22-31/h1-25,39H,(H,42,43,44). The molecule has 4 heteroatoms. The van der Waals surface area contributed by atoms with Crippen molar-refractivity contribution in [3.63, 3.8) is 0 Å². The second-order valence-corrected chi connectivity index (χ2v) is 11.5. The molecule has 2 heterocycles. The Morgan fingerprint density at radius 1 is 0.467 bits per heavy atom. The molecule has 1 atom stereocenters. The van der Waals surface area contributed by atoms with Crippen molar-refractivity contribution in [3.8, 4) is 11.1 Å². The molecular weight excluding hydrogens is 550 g/mol. The second kappa shape index (κ2) is 10.3. The molecule has 1 unspecified atom stereocenters. The molecule has 0 bridgehead atoms. The zero-order valence-corrected chi connectivity index (χ0v) is 24.3. The van der Waals surface area contributed by atoms with Gasteiger partial charge in [0.25, 0.3) is 0 Å². The lowest BCUT2D eigenvalue weighted by atomic mass is 10.00. The molecule has 1 N–H and O–H groups in total. The maximum Gasteiger partial charge on any atom is 0.159 e. The van der Waals surface area contributed by atoms with Gasteiger partial charge in [-0.2, -0.15) is 0 Å². The second-order valence-electron chi connectivity index (χ2n) is 11.5. The van der Waals surface area contributed by atoms with E-state index in [1.165, 1.54) is 27.1 Å². The monoisotopic (exact) mass is 577 g/mol. The summed E-state index contributed by atoms with van der Waals surface area (Å²) in [7, 11) is 0. The van der Waals surface area contributed by atoms with Gasteiger partial charge in [-0.3, -0.25) is 0 Å². The third-order valence-corrected chi connectivity index (χ3v) is 8.69. The molecule has 0 saturated carbocycles. The first kappa shape index (κ1) is 25.5.